The number of nitriles is 1. The van der Waals surface area contributed by atoms with Crippen LogP contribution in [0.3, 0.4) is 0 Å². The maximum absolute atomic E-state index is 11.5. The standard InChI is InChI=1S/C12H16N4O/c1-12(2,14)8-15-11(17)16-10-5-3-9(7-13)4-6-10/h3-6H,8,14H2,1-2H3,(H2,15,16,17). The number of carbonyl (C=O) groups excluding carboxylic acids is 1. The lowest BCUT2D eigenvalue weighted by atomic mass is 10.1. The Balaban J connectivity index is 2.48. The van der Waals surface area contributed by atoms with Gasteiger partial charge in [-0.3, -0.25) is 0 Å². The Morgan fingerprint density at radius 1 is 1.41 bits per heavy atom. The van der Waals surface area contributed by atoms with Crippen molar-refractivity contribution in [3.63, 3.8) is 0 Å². The molecule has 0 aromatic heterocycles. The van der Waals surface area contributed by atoms with Gasteiger partial charge in [0.15, 0.2) is 0 Å². The summed E-state index contributed by atoms with van der Waals surface area (Å²) in [6, 6.07) is 8.32. The molecule has 4 N–H and O–H groups in total. The predicted octanol–water partition coefficient (Wildman–Crippen LogP) is 1.42. The molecule has 90 valence electrons. The number of amides is 2. The molecule has 0 aliphatic rings. The first-order valence-corrected chi connectivity index (χ1v) is 5.24. The molecular formula is C12H16N4O. The zero-order valence-corrected chi connectivity index (χ0v) is 9.95. The number of nitrogens with two attached hydrogens (primary N) is 1. The fraction of sp³-hybridized carbons (Fsp3) is 0.333. The minimum Gasteiger partial charge on any atom is -0.336 e. The van der Waals surface area contributed by atoms with Crippen molar-refractivity contribution >= 4 is 11.7 Å². The third-order valence-corrected chi connectivity index (χ3v) is 1.98. The number of nitrogens with zero attached hydrogens (tertiary/aromatic N) is 1. The highest BCUT2D eigenvalue weighted by Gasteiger charge is 2.11. The first-order valence-electron chi connectivity index (χ1n) is 5.24. The molecule has 0 atom stereocenters. The van der Waals surface area contributed by atoms with Crippen molar-refractivity contribution in [2.45, 2.75) is 19.4 Å². The highest BCUT2D eigenvalue weighted by atomic mass is 16.2. The monoisotopic (exact) mass is 232 g/mol. The lowest BCUT2D eigenvalue weighted by molar-refractivity contribution is 0.250. The van der Waals surface area contributed by atoms with E-state index in [1.54, 1.807) is 24.3 Å². The first kappa shape index (κ1) is 13.0. The predicted molar refractivity (Wildman–Crippen MR) is 66.4 cm³/mol. The van der Waals surface area contributed by atoms with E-state index in [1.807, 2.05) is 19.9 Å². The number of carbonyl (C=O) groups is 1. The summed E-state index contributed by atoms with van der Waals surface area (Å²) >= 11 is 0. The van der Waals surface area contributed by atoms with Crippen LogP contribution < -0.4 is 16.4 Å². The third kappa shape index (κ3) is 5.00. The van der Waals surface area contributed by atoms with Gasteiger partial charge < -0.3 is 16.4 Å². The number of urea groups is 1. The molecule has 0 heterocycles. The summed E-state index contributed by atoms with van der Waals surface area (Å²) in [5.74, 6) is 0. The second-order valence-electron chi connectivity index (χ2n) is 4.49. The Bertz CT molecular complexity index is 425. The number of hydrogen-bond donors (Lipinski definition) is 3. The van der Waals surface area contributed by atoms with E-state index in [9.17, 15) is 4.79 Å². The van der Waals surface area contributed by atoms with Crippen LogP contribution >= 0.6 is 0 Å². The summed E-state index contributed by atoms with van der Waals surface area (Å²) in [5.41, 5.74) is 6.48. The number of anilines is 1. The minimum atomic E-state index is -0.442. The highest BCUT2D eigenvalue weighted by Crippen LogP contribution is 2.08. The SMILES string of the molecule is CC(C)(N)CNC(=O)Nc1ccc(C#N)cc1. The van der Waals surface area contributed by atoms with Crippen molar-refractivity contribution in [2.75, 3.05) is 11.9 Å². The Morgan fingerprint density at radius 2 is 2.00 bits per heavy atom. The van der Waals surface area contributed by atoms with Gasteiger partial charge in [-0.05, 0) is 38.1 Å². The minimum absolute atomic E-state index is 0.312. The van der Waals surface area contributed by atoms with Crippen LogP contribution in [0.1, 0.15) is 19.4 Å². The Labute approximate surface area is 101 Å². The molecule has 17 heavy (non-hydrogen) atoms. The highest BCUT2D eigenvalue weighted by molar-refractivity contribution is 5.89. The molecule has 0 spiro atoms. The molecule has 0 unspecified atom stereocenters. The molecular weight excluding hydrogens is 216 g/mol. The van der Waals surface area contributed by atoms with Crippen molar-refractivity contribution in [1.29, 1.82) is 5.26 Å². The zero-order valence-electron chi connectivity index (χ0n) is 9.95. The molecule has 2 amide bonds. The molecule has 0 radical (unpaired) electrons. The van der Waals surface area contributed by atoms with Gasteiger partial charge in [-0.25, -0.2) is 4.79 Å². The summed E-state index contributed by atoms with van der Waals surface area (Å²) in [4.78, 5) is 11.5. The summed E-state index contributed by atoms with van der Waals surface area (Å²) in [6.07, 6.45) is 0. The van der Waals surface area contributed by atoms with Crippen LogP contribution in [0.4, 0.5) is 10.5 Å². The normalized spacial score (nSPS) is 10.5. The van der Waals surface area contributed by atoms with Crippen LogP contribution in [-0.2, 0) is 0 Å². The molecule has 1 rings (SSSR count). The van der Waals surface area contributed by atoms with Crippen LogP contribution in [0.25, 0.3) is 0 Å². The Hall–Kier alpha value is -2.06. The lowest BCUT2D eigenvalue weighted by Gasteiger charge is -2.19. The molecule has 5 heteroatoms. The van der Waals surface area contributed by atoms with Gasteiger partial charge in [0.2, 0.25) is 0 Å². The van der Waals surface area contributed by atoms with Crippen molar-refractivity contribution in [2.24, 2.45) is 5.73 Å². The number of rotatable bonds is 3. The van der Waals surface area contributed by atoms with E-state index >= 15 is 0 Å². The Morgan fingerprint density at radius 3 is 2.47 bits per heavy atom. The second kappa shape index (κ2) is 5.32. The van der Waals surface area contributed by atoms with Crippen LogP contribution in [0.15, 0.2) is 24.3 Å². The zero-order chi connectivity index (χ0) is 12.9. The van der Waals surface area contributed by atoms with E-state index in [0.29, 0.717) is 17.8 Å². The largest absolute Gasteiger partial charge is 0.336 e. The first-order chi connectivity index (χ1) is 7.90. The van der Waals surface area contributed by atoms with Crippen molar-refractivity contribution in [3.8, 4) is 6.07 Å². The fourth-order valence-electron chi connectivity index (χ4n) is 1.11. The van der Waals surface area contributed by atoms with Crippen molar-refractivity contribution in [3.05, 3.63) is 29.8 Å². The maximum atomic E-state index is 11.5. The average Bonchev–Trinajstić information content (AvgIpc) is 2.27. The third-order valence-electron chi connectivity index (χ3n) is 1.98. The van der Waals surface area contributed by atoms with Gasteiger partial charge in [-0.15, -0.1) is 0 Å². The Kier molecular flexibility index (Phi) is 4.07. The summed E-state index contributed by atoms with van der Waals surface area (Å²) in [6.45, 7) is 4.04. The van der Waals surface area contributed by atoms with E-state index in [1.165, 1.54) is 0 Å². The topological polar surface area (TPSA) is 90.9 Å². The quantitative estimate of drug-likeness (QED) is 0.736. The molecule has 0 aliphatic carbocycles. The van der Waals surface area contributed by atoms with E-state index in [4.69, 9.17) is 11.0 Å². The van der Waals surface area contributed by atoms with E-state index in [0.717, 1.165) is 0 Å². The van der Waals surface area contributed by atoms with Crippen LogP contribution in [-0.4, -0.2) is 18.1 Å². The van der Waals surface area contributed by atoms with Crippen LogP contribution in [0.2, 0.25) is 0 Å². The van der Waals surface area contributed by atoms with Crippen molar-refractivity contribution < 1.29 is 4.79 Å². The average molecular weight is 232 g/mol. The van der Waals surface area contributed by atoms with Gasteiger partial charge in [0.25, 0.3) is 0 Å². The van der Waals surface area contributed by atoms with Gasteiger partial charge >= 0.3 is 6.03 Å². The maximum Gasteiger partial charge on any atom is 0.319 e. The molecule has 5 nitrogen and oxygen atoms in total. The molecule has 0 fully saturated rings. The molecule has 1 aromatic carbocycles. The van der Waals surface area contributed by atoms with E-state index in [2.05, 4.69) is 10.6 Å². The van der Waals surface area contributed by atoms with E-state index < -0.39 is 5.54 Å². The molecule has 1 aromatic rings. The number of nitrogens with one attached hydrogen (secondary N) is 2. The van der Waals surface area contributed by atoms with Gasteiger partial charge in [-0.2, -0.15) is 5.26 Å². The van der Waals surface area contributed by atoms with Crippen molar-refractivity contribution in [1.82, 2.24) is 5.32 Å². The van der Waals surface area contributed by atoms with E-state index in [-0.39, 0.29) is 6.03 Å². The van der Waals surface area contributed by atoms with Gasteiger partial charge in [0.1, 0.15) is 0 Å². The molecule has 0 aliphatic heterocycles. The fourth-order valence-corrected chi connectivity index (χ4v) is 1.11. The smallest absolute Gasteiger partial charge is 0.319 e. The van der Waals surface area contributed by atoms with Gasteiger partial charge in [0, 0.05) is 17.8 Å². The van der Waals surface area contributed by atoms with Crippen LogP contribution in [0.5, 0.6) is 0 Å². The second-order valence-corrected chi connectivity index (χ2v) is 4.49. The lowest BCUT2D eigenvalue weighted by Crippen LogP contribution is -2.46. The van der Waals surface area contributed by atoms with Gasteiger partial charge in [-0.1, -0.05) is 0 Å². The summed E-state index contributed by atoms with van der Waals surface area (Å²) in [7, 11) is 0. The molecule has 0 saturated heterocycles. The van der Waals surface area contributed by atoms with Gasteiger partial charge in [0.05, 0.1) is 11.6 Å². The van der Waals surface area contributed by atoms with Crippen LogP contribution in [0, 0.1) is 11.3 Å². The summed E-state index contributed by atoms with van der Waals surface area (Å²) in [5, 5.41) is 13.9. The number of hydrogen-bond acceptors (Lipinski definition) is 3. The molecule has 0 saturated carbocycles. The number of benzene rings is 1. The molecule has 0 bridgehead atoms. The summed E-state index contributed by atoms with van der Waals surface area (Å²) < 4.78 is 0.